The van der Waals surface area contributed by atoms with E-state index in [1.165, 1.54) is 7.11 Å². The van der Waals surface area contributed by atoms with Crippen LogP contribution in [0.5, 0.6) is 11.5 Å². The highest BCUT2D eigenvalue weighted by Gasteiger charge is 2.40. The number of carbonyl (C=O) groups is 2. The molecule has 0 saturated carbocycles. The highest BCUT2D eigenvalue weighted by molar-refractivity contribution is 6.00. The summed E-state index contributed by atoms with van der Waals surface area (Å²) in [6.07, 6.45) is 0.201. The number of anilines is 1. The van der Waals surface area contributed by atoms with E-state index in [2.05, 4.69) is 10.6 Å². The van der Waals surface area contributed by atoms with Crippen LogP contribution in [-0.2, 0) is 9.59 Å². The molecule has 1 aromatic carbocycles. The van der Waals surface area contributed by atoms with Crippen molar-refractivity contribution in [2.24, 2.45) is 5.41 Å². The molecule has 6 nitrogen and oxygen atoms in total. The topological polar surface area (TPSA) is 76.7 Å². The van der Waals surface area contributed by atoms with E-state index in [0.29, 0.717) is 23.7 Å². The number of methoxy groups -OCH3 is 2. The maximum Gasteiger partial charge on any atom is 0.232 e. The number of carbonyl (C=O) groups excluding carboxylic acids is 2. The molecule has 0 spiro atoms. The van der Waals surface area contributed by atoms with Gasteiger partial charge in [0, 0.05) is 24.7 Å². The highest BCUT2D eigenvalue weighted by atomic mass is 16.5. The Hall–Kier alpha value is -2.24. The maximum absolute atomic E-state index is 12.3. The fraction of sp³-hybridized carbons (Fsp3) is 0.429. The van der Waals surface area contributed by atoms with Gasteiger partial charge in [-0.3, -0.25) is 9.59 Å². The van der Waals surface area contributed by atoms with Crippen molar-refractivity contribution in [3.63, 3.8) is 0 Å². The molecule has 2 rings (SSSR count). The van der Waals surface area contributed by atoms with Crippen molar-refractivity contribution in [2.75, 3.05) is 26.1 Å². The SMILES string of the molecule is COc1ccc(NC(=O)C2(C)CNC(=O)C2)cc1OC. The Balaban J connectivity index is 2.14. The summed E-state index contributed by atoms with van der Waals surface area (Å²) in [6.45, 7) is 2.12. The summed E-state index contributed by atoms with van der Waals surface area (Å²) in [4.78, 5) is 23.5. The van der Waals surface area contributed by atoms with Crippen LogP contribution < -0.4 is 20.1 Å². The van der Waals surface area contributed by atoms with Crippen LogP contribution in [0.25, 0.3) is 0 Å². The molecule has 1 saturated heterocycles. The summed E-state index contributed by atoms with van der Waals surface area (Å²) in [7, 11) is 3.08. The molecule has 0 aliphatic carbocycles. The average Bonchev–Trinajstić information content (AvgIpc) is 2.79. The summed E-state index contributed by atoms with van der Waals surface area (Å²) in [5.74, 6) is 0.837. The number of hydrogen-bond acceptors (Lipinski definition) is 4. The number of hydrogen-bond donors (Lipinski definition) is 2. The van der Waals surface area contributed by atoms with Crippen molar-refractivity contribution >= 4 is 17.5 Å². The molecule has 0 aromatic heterocycles. The lowest BCUT2D eigenvalue weighted by Crippen LogP contribution is -2.35. The van der Waals surface area contributed by atoms with Gasteiger partial charge in [-0.15, -0.1) is 0 Å². The zero-order valence-electron chi connectivity index (χ0n) is 11.8. The van der Waals surface area contributed by atoms with Crippen LogP contribution in [0.15, 0.2) is 18.2 Å². The lowest BCUT2D eigenvalue weighted by Gasteiger charge is -2.20. The number of benzene rings is 1. The van der Waals surface area contributed by atoms with E-state index >= 15 is 0 Å². The van der Waals surface area contributed by atoms with E-state index < -0.39 is 5.41 Å². The monoisotopic (exact) mass is 278 g/mol. The van der Waals surface area contributed by atoms with Gasteiger partial charge in [0.1, 0.15) is 0 Å². The quantitative estimate of drug-likeness (QED) is 0.866. The summed E-state index contributed by atoms with van der Waals surface area (Å²) in [6, 6.07) is 5.13. The van der Waals surface area contributed by atoms with Gasteiger partial charge < -0.3 is 20.1 Å². The third-order valence-electron chi connectivity index (χ3n) is 3.42. The van der Waals surface area contributed by atoms with Gasteiger partial charge in [-0.25, -0.2) is 0 Å². The third kappa shape index (κ3) is 2.68. The molecule has 1 aliphatic heterocycles. The normalized spacial score (nSPS) is 21.2. The van der Waals surface area contributed by atoms with Gasteiger partial charge in [-0.1, -0.05) is 0 Å². The van der Waals surface area contributed by atoms with E-state index in [1.54, 1.807) is 32.2 Å². The first-order valence-electron chi connectivity index (χ1n) is 6.29. The predicted octanol–water partition coefficient (Wildman–Crippen LogP) is 1.17. The molecule has 2 amide bonds. The first-order valence-corrected chi connectivity index (χ1v) is 6.29. The first kappa shape index (κ1) is 14.2. The minimum absolute atomic E-state index is 0.102. The molecule has 6 heteroatoms. The molecule has 0 radical (unpaired) electrons. The van der Waals surface area contributed by atoms with E-state index in [9.17, 15) is 9.59 Å². The van der Waals surface area contributed by atoms with Crippen LogP contribution in [0.3, 0.4) is 0 Å². The Morgan fingerprint density at radius 2 is 2.00 bits per heavy atom. The molecule has 1 heterocycles. The van der Waals surface area contributed by atoms with Gasteiger partial charge in [0.2, 0.25) is 11.8 Å². The zero-order valence-corrected chi connectivity index (χ0v) is 11.8. The minimum Gasteiger partial charge on any atom is -0.493 e. The lowest BCUT2D eigenvalue weighted by molar-refractivity contribution is -0.126. The van der Waals surface area contributed by atoms with Crippen LogP contribution in [0.4, 0.5) is 5.69 Å². The molecule has 1 aromatic rings. The number of amides is 2. The van der Waals surface area contributed by atoms with E-state index in [-0.39, 0.29) is 18.2 Å². The lowest BCUT2D eigenvalue weighted by atomic mass is 9.88. The van der Waals surface area contributed by atoms with E-state index in [0.717, 1.165) is 0 Å². The Labute approximate surface area is 117 Å². The Morgan fingerprint density at radius 1 is 1.30 bits per heavy atom. The van der Waals surface area contributed by atoms with E-state index in [4.69, 9.17) is 9.47 Å². The van der Waals surface area contributed by atoms with Crippen LogP contribution >= 0.6 is 0 Å². The molecule has 1 aliphatic rings. The smallest absolute Gasteiger partial charge is 0.232 e. The summed E-state index contributed by atoms with van der Waals surface area (Å²) >= 11 is 0. The standard InChI is InChI=1S/C14H18N2O4/c1-14(7-12(17)15-8-14)13(18)16-9-4-5-10(19-2)11(6-9)20-3/h4-6H,7-8H2,1-3H3,(H,15,17)(H,16,18). The summed E-state index contributed by atoms with van der Waals surface area (Å²) < 4.78 is 10.3. The Morgan fingerprint density at radius 3 is 2.55 bits per heavy atom. The van der Waals surface area contributed by atoms with Gasteiger partial charge in [0.05, 0.1) is 19.6 Å². The average molecular weight is 278 g/mol. The summed E-state index contributed by atoms with van der Waals surface area (Å²) in [5, 5.41) is 5.48. The zero-order chi connectivity index (χ0) is 14.8. The second-order valence-electron chi connectivity index (χ2n) is 5.04. The molecule has 1 fully saturated rings. The largest absolute Gasteiger partial charge is 0.493 e. The fourth-order valence-corrected chi connectivity index (χ4v) is 2.13. The highest BCUT2D eigenvalue weighted by Crippen LogP contribution is 2.32. The van der Waals surface area contributed by atoms with Crippen molar-refractivity contribution in [2.45, 2.75) is 13.3 Å². The Bertz CT molecular complexity index is 544. The second kappa shape index (κ2) is 5.40. The molecule has 0 bridgehead atoms. The van der Waals surface area contributed by atoms with Crippen LogP contribution in [0.2, 0.25) is 0 Å². The fourth-order valence-electron chi connectivity index (χ4n) is 2.13. The molecule has 1 atom stereocenters. The molecule has 2 N–H and O–H groups in total. The second-order valence-corrected chi connectivity index (χ2v) is 5.04. The first-order chi connectivity index (χ1) is 9.48. The van der Waals surface area contributed by atoms with Gasteiger partial charge in [-0.05, 0) is 19.1 Å². The van der Waals surface area contributed by atoms with Crippen LogP contribution in [0.1, 0.15) is 13.3 Å². The molecule has 108 valence electrons. The van der Waals surface area contributed by atoms with Crippen LogP contribution in [-0.4, -0.2) is 32.6 Å². The van der Waals surface area contributed by atoms with Gasteiger partial charge in [0.25, 0.3) is 0 Å². The van der Waals surface area contributed by atoms with E-state index in [1.807, 2.05) is 0 Å². The summed E-state index contributed by atoms with van der Waals surface area (Å²) in [5.41, 5.74) is -0.113. The van der Waals surface area contributed by atoms with Crippen molar-refractivity contribution in [1.29, 1.82) is 0 Å². The minimum atomic E-state index is -0.718. The van der Waals surface area contributed by atoms with Crippen LogP contribution in [0, 0.1) is 5.41 Å². The number of nitrogens with one attached hydrogen (secondary N) is 2. The number of rotatable bonds is 4. The van der Waals surface area contributed by atoms with Crippen molar-refractivity contribution in [3.05, 3.63) is 18.2 Å². The van der Waals surface area contributed by atoms with Gasteiger partial charge >= 0.3 is 0 Å². The van der Waals surface area contributed by atoms with Crippen molar-refractivity contribution < 1.29 is 19.1 Å². The van der Waals surface area contributed by atoms with Crippen molar-refractivity contribution in [3.8, 4) is 11.5 Å². The molecule has 20 heavy (non-hydrogen) atoms. The predicted molar refractivity (Wildman–Crippen MR) is 73.9 cm³/mol. The Kier molecular flexibility index (Phi) is 3.83. The molecule has 1 unspecified atom stereocenters. The molecular formula is C14H18N2O4. The number of ether oxygens (including phenoxy) is 2. The van der Waals surface area contributed by atoms with Gasteiger partial charge in [-0.2, -0.15) is 0 Å². The maximum atomic E-state index is 12.3. The molecular weight excluding hydrogens is 260 g/mol. The third-order valence-corrected chi connectivity index (χ3v) is 3.42. The van der Waals surface area contributed by atoms with Gasteiger partial charge in [0.15, 0.2) is 11.5 Å². The van der Waals surface area contributed by atoms with Crippen molar-refractivity contribution in [1.82, 2.24) is 5.32 Å².